The normalized spacial score (nSPS) is 20.4. The largest absolute Gasteiger partial charge is 0.497 e. The summed E-state index contributed by atoms with van der Waals surface area (Å²) in [6.45, 7) is 14.0. The molecule has 7 atom stereocenters. The SMILES string of the molecule is COc1ccc(C(OC[C@H]2O[C@@H](n3cnc4c(=O)[nH]c(NCC(C)C)nc43)C[C@@H]2OP(C)(=S)OC[C@H]2O[C@@H](n3ccc(NC(=O)c4ccccc4)nc3=O)C[C@@H]2O[Si](C)(C)C(C)(C)C)(c2ccccc2)c2ccc(OC)cc2)cc1. The Morgan fingerprint density at radius 1 is 0.800 bits per heavy atom. The molecule has 1 unspecified atom stereocenters. The Bertz CT molecular complexity index is 3370. The molecule has 80 heavy (non-hydrogen) atoms. The summed E-state index contributed by atoms with van der Waals surface area (Å²) in [6.07, 6.45) is -0.487. The number of nitrogens with zero attached hydrogens (tertiary/aromatic N) is 5. The Morgan fingerprint density at radius 3 is 1.96 bits per heavy atom. The zero-order chi connectivity index (χ0) is 57.0. The van der Waals surface area contributed by atoms with Crippen molar-refractivity contribution in [2.24, 2.45) is 5.92 Å². The van der Waals surface area contributed by atoms with Gasteiger partial charge in [0.15, 0.2) is 26.0 Å². The summed E-state index contributed by atoms with van der Waals surface area (Å²) < 4.78 is 56.2. The van der Waals surface area contributed by atoms with Crippen LogP contribution in [0.2, 0.25) is 18.1 Å². The summed E-state index contributed by atoms with van der Waals surface area (Å²) >= 11 is 6.31. The topological polar surface area (TPSA) is 213 Å². The lowest BCUT2D eigenvalue weighted by atomic mass is 9.80. The molecule has 3 aromatic heterocycles. The average molecular weight is 1150 g/mol. The number of imidazole rings is 1. The van der Waals surface area contributed by atoms with Crippen molar-refractivity contribution in [3.8, 4) is 11.5 Å². The van der Waals surface area contributed by atoms with Crippen molar-refractivity contribution in [1.82, 2.24) is 29.1 Å². The first-order chi connectivity index (χ1) is 38.2. The van der Waals surface area contributed by atoms with Crippen LogP contribution in [-0.4, -0.2) is 108 Å². The lowest BCUT2D eigenvalue weighted by Crippen LogP contribution is -2.46. The number of carbonyl (C=O) groups excluding carboxylic acids is 1. The smallest absolute Gasteiger partial charge is 0.351 e. The highest BCUT2D eigenvalue weighted by atomic mass is 32.5. The zero-order valence-electron chi connectivity index (χ0n) is 46.8. The average Bonchev–Trinajstić information content (AvgIpc) is 4.20. The molecule has 2 aliphatic heterocycles. The van der Waals surface area contributed by atoms with Gasteiger partial charge in [-0.05, 0) is 95.0 Å². The highest BCUT2D eigenvalue weighted by molar-refractivity contribution is 8.09. The Hall–Kier alpha value is -6.39. The number of aromatic nitrogens is 6. The summed E-state index contributed by atoms with van der Waals surface area (Å²) in [4.78, 5) is 56.4. The third-order valence-corrected chi connectivity index (χ3v) is 21.2. The number of anilines is 2. The maximum absolute atomic E-state index is 13.7. The fraction of sp³-hybridized carbons (Fsp3) is 0.414. The van der Waals surface area contributed by atoms with Crippen LogP contribution in [-0.2, 0) is 45.1 Å². The molecule has 7 aromatic rings. The van der Waals surface area contributed by atoms with Crippen molar-refractivity contribution in [1.29, 1.82) is 0 Å². The van der Waals surface area contributed by atoms with Gasteiger partial charge in [0, 0.05) is 37.8 Å². The van der Waals surface area contributed by atoms with Gasteiger partial charge in [-0.15, -0.1) is 0 Å². The van der Waals surface area contributed by atoms with Gasteiger partial charge in [-0.25, -0.2) is 9.78 Å². The molecule has 19 nitrogen and oxygen atoms in total. The number of benzene rings is 4. The number of aromatic amines is 1. The number of ether oxygens (including phenoxy) is 5. The van der Waals surface area contributed by atoms with Crippen LogP contribution in [0.25, 0.3) is 11.2 Å². The van der Waals surface area contributed by atoms with Crippen LogP contribution in [0.4, 0.5) is 11.8 Å². The molecule has 0 radical (unpaired) electrons. The standard InChI is InChI=1S/C58H71N8O11PSSi/c1-37(2)33-59-55-63-52-51(54(68)64-55)60-36-66(52)50-31-44(46(74-50)34-72-58(39-19-15-12-16-20-39,40-21-25-42(70-6)26-22-40)41-23-27-43(71-7)28-24-41)76-78(8,79)73-35-47-45(77-80(9,10)57(3,4)5)32-49(75-47)65-30-29-48(62-56(65)69)61-53(67)38-17-13-11-14-18-38/h11-30,36-37,44-47,49-50H,31-35H2,1-10H3,(H2,59,63,64,68)(H,61,62,67,69)/t44-,45-,46+,47+,49+,50+,78?/m0/s1. The van der Waals surface area contributed by atoms with E-state index in [1.165, 1.54) is 4.57 Å². The van der Waals surface area contributed by atoms with Crippen molar-refractivity contribution >= 4 is 55.5 Å². The van der Waals surface area contributed by atoms with Crippen LogP contribution in [0.3, 0.4) is 0 Å². The van der Waals surface area contributed by atoms with Crippen molar-refractivity contribution < 1.29 is 42.0 Å². The van der Waals surface area contributed by atoms with Crippen LogP contribution in [0.5, 0.6) is 11.5 Å². The van der Waals surface area contributed by atoms with Gasteiger partial charge in [0.05, 0.1) is 46.0 Å². The number of H-pyrrole nitrogens is 1. The number of carbonyl (C=O) groups is 1. The molecule has 0 aliphatic carbocycles. The van der Waals surface area contributed by atoms with Crippen molar-refractivity contribution in [3.63, 3.8) is 0 Å². The van der Waals surface area contributed by atoms with Crippen LogP contribution >= 0.6 is 6.49 Å². The maximum Gasteiger partial charge on any atom is 0.351 e. The molecule has 3 N–H and O–H groups in total. The third-order valence-electron chi connectivity index (χ3n) is 14.9. The molecule has 0 spiro atoms. The minimum atomic E-state index is -3.21. The first-order valence-electron chi connectivity index (χ1n) is 26.7. The molecule has 2 fully saturated rings. The lowest BCUT2D eigenvalue weighted by molar-refractivity contribution is -0.0909. The van der Waals surface area contributed by atoms with Gasteiger partial charge in [0.1, 0.15) is 47.6 Å². The molecule has 0 bridgehead atoms. The molecule has 5 heterocycles. The summed E-state index contributed by atoms with van der Waals surface area (Å²) in [6, 6.07) is 35.8. The minimum absolute atomic E-state index is 0.0152. The van der Waals surface area contributed by atoms with E-state index in [9.17, 15) is 14.4 Å². The van der Waals surface area contributed by atoms with Gasteiger partial charge in [-0.2, -0.15) is 9.97 Å². The Labute approximate surface area is 472 Å². The second-order valence-corrected chi connectivity index (χ2v) is 30.8. The summed E-state index contributed by atoms with van der Waals surface area (Å²) in [7, 11) is 0.829. The predicted octanol–water partition coefficient (Wildman–Crippen LogP) is 10.0. The highest BCUT2D eigenvalue weighted by Crippen LogP contribution is 2.51. The number of methoxy groups -OCH3 is 2. The van der Waals surface area contributed by atoms with Crippen molar-refractivity contribution in [2.45, 2.75) is 108 Å². The maximum atomic E-state index is 13.7. The Kier molecular flexibility index (Phi) is 17.7. The summed E-state index contributed by atoms with van der Waals surface area (Å²) in [5, 5.41) is 5.79. The predicted molar refractivity (Wildman–Crippen MR) is 313 cm³/mol. The molecule has 0 saturated carbocycles. The number of fused-ring (bicyclic) bond motifs is 1. The van der Waals surface area contributed by atoms with E-state index in [0.717, 1.165) is 16.7 Å². The fourth-order valence-corrected chi connectivity index (χ4v) is 12.7. The van der Waals surface area contributed by atoms with E-state index in [0.29, 0.717) is 41.6 Å². The van der Waals surface area contributed by atoms with Crippen LogP contribution in [0, 0.1) is 5.92 Å². The van der Waals surface area contributed by atoms with Gasteiger partial charge < -0.3 is 47.8 Å². The molecule has 424 valence electrons. The van der Waals surface area contributed by atoms with Crippen LogP contribution in [0.1, 0.15) is 87.0 Å². The molecule has 4 aromatic carbocycles. The second-order valence-electron chi connectivity index (χ2n) is 22.0. The molecule has 22 heteroatoms. The molecular formula is C58H71N8O11PSSi. The van der Waals surface area contributed by atoms with E-state index in [4.69, 9.17) is 53.9 Å². The number of nitrogens with one attached hydrogen (secondary N) is 3. The van der Waals surface area contributed by atoms with E-state index >= 15 is 0 Å². The molecular weight excluding hydrogens is 1080 g/mol. The summed E-state index contributed by atoms with van der Waals surface area (Å²) in [5.74, 6) is 1.68. The molecule has 1 amide bonds. The van der Waals surface area contributed by atoms with Crippen molar-refractivity contribution in [3.05, 3.63) is 171 Å². The highest BCUT2D eigenvalue weighted by Gasteiger charge is 2.48. The second kappa shape index (κ2) is 24.4. The zero-order valence-corrected chi connectivity index (χ0v) is 49.5. The van der Waals surface area contributed by atoms with Crippen molar-refractivity contribution in [2.75, 3.05) is 51.3 Å². The van der Waals surface area contributed by atoms with E-state index in [1.807, 2.05) is 84.9 Å². The van der Waals surface area contributed by atoms with Gasteiger partial charge in [0.2, 0.25) is 5.95 Å². The first kappa shape index (κ1) is 58.3. The van der Waals surface area contributed by atoms with Gasteiger partial charge in [-0.3, -0.25) is 23.7 Å². The third kappa shape index (κ3) is 13.0. The summed E-state index contributed by atoms with van der Waals surface area (Å²) in [5.41, 5.74) is 1.21. The fourth-order valence-electron chi connectivity index (χ4n) is 9.60. The monoisotopic (exact) mass is 1150 g/mol. The van der Waals surface area contributed by atoms with Gasteiger partial charge in [-0.1, -0.05) is 107 Å². The van der Waals surface area contributed by atoms with Gasteiger partial charge >= 0.3 is 5.69 Å². The minimum Gasteiger partial charge on any atom is -0.497 e. The van der Waals surface area contributed by atoms with E-state index in [-0.39, 0.29) is 41.9 Å². The molecule has 9 rings (SSSR count). The number of hydrogen-bond donors (Lipinski definition) is 3. The number of amides is 1. The molecule has 2 aliphatic rings. The Balaban J connectivity index is 1.02. The van der Waals surface area contributed by atoms with E-state index in [2.05, 4.69) is 73.3 Å². The number of rotatable bonds is 22. The van der Waals surface area contributed by atoms with Crippen LogP contribution in [0.15, 0.2) is 137 Å². The molecule has 2 saturated heterocycles. The van der Waals surface area contributed by atoms with Gasteiger partial charge in [0.25, 0.3) is 11.5 Å². The Morgan fingerprint density at radius 2 is 1.38 bits per heavy atom. The van der Waals surface area contributed by atoms with Crippen LogP contribution < -0.4 is 31.4 Å². The van der Waals surface area contributed by atoms with E-state index in [1.54, 1.807) is 68.3 Å². The van der Waals surface area contributed by atoms with E-state index < -0.39 is 74.4 Å². The quantitative estimate of drug-likeness (QED) is 0.0327. The number of hydrogen-bond acceptors (Lipinski definition) is 16. The first-order valence-corrected chi connectivity index (χ1v) is 32.7. The lowest BCUT2D eigenvalue weighted by Gasteiger charge is -2.39.